The maximum atomic E-state index is 11.9. The number of ether oxygens (including phenoxy) is 1. The number of halogens is 2. The zero-order valence-electron chi connectivity index (χ0n) is 8.02. The van der Waals surface area contributed by atoms with Crippen molar-refractivity contribution in [1.29, 1.82) is 0 Å². The van der Waals surface area contributed by atoms with Crippen molar-refractivity contribution in [2.45, 2.75) is 13.0 Å². The Kier molecular flexibility index (Phi) is 3.93. The van der Waals surface area contributed by atoms with Crippen LogP contribution in [0.25, 0.3) is 0 Å². The molecule has 0 bridgehead atoms. The monoisotopic (exact) mass is 230 g/mol. The van der Waals surface area contributed by atoms with Crippen LogP contribution in [0.3, 0.4) is 0 Å². The van der Waals surface area contributed by atoms with Crippen LogP contribution in [0.5, 0.6) is 5.75 Å². The van der Waals surface area contributed by atoms with E-state index in [1.54, 1.807) is 0 Å². The molecule has 1 aromatic carbocycles. The Balaban J connectivity index is 2.81. The van der Waals surface area contributed by atoms with E-state index in [0.717, 1.165) is 6.07 Å². The van der Waals surface area contributed by atoms with E-state index in [0.29, 0.717) is 0 Å². The molecule has 0 aromatic heterocycles. The Morgan fingerprint density at radius 2 is 2.06 bits per heavy atom. The standard InChI is InChI=1S/C10H8F2O4/c11-10(12)16-7-3-1-2-6(4-7)8(13)5-9(14)15/h1-4,10H,5H2,(H,14,15). The highest BCUT2D eigenvalue weighted by molar-refractivity contribution is 6.05. The highest BCUT2D eigenvalue weighted by atomic mass is 19.3. The van der Waals surface area contributed by atoms with Crippen LogP contribution >= 0.6 is 0 Å². The highest BCUT2D eigenvalue weighted by Crippen LogP contribution is 2.16. The van der Waals surface area contributed by atoms with Gasteiger partial charge in [-0.25, -0.2) is 0 Å². The van der Waals surface area contributed by atoms with Crippen molar-refractivity contribution in [3.8, 4) is 5.75 Å². The lowest BCUT2D eigenvalue weighted by molar-refractivity contribution is -0.135. The molecule has 1 rings (SSSR count). The fraction of sp³-hybridized carbons (Fsp3) is 0.200. The number of aliphatic carboxylic acids is 1. The SMILES string of the molecule is O=C(O)CC(=O)c1cccc(OC(F)F)c1. The summed E-state index contributed by atoms with van der Waals surface area (Å²) in [4.78, 5) is 21.5. The zero-order chi connectivity index (χ0) is 12.1. The summed E-state index contributed by atoms with van der Waals surface area (Å²) in [6, 6.07) is 5.01. The molecule has 16 heavy (non-hydrogen) atoms. The molecule has 0 heterocycles. The van der Waals surface area contributed by atoms with Crippen LogP contribution in [0.4, 0.5) is 8.78 Å². The zero-order valence-corrected chi connectivity index (χ0v) is 8.02. The van der Waals surface area contributed by atoms with E-state index in [4.69, 9.17) is 5.11 Å². The summed E-state index contributed by atoms with van der Waals surface area (Å²) in [6.45, 7) is -2.98. The molecule has 4 nitrogen and oxygen atoms in total. The maximum Gasteiger partial charge on any atom is 0.387 e. The fourth-order valence-corrected chi connectivity index (χ4v) is 1.09. The quantitative estimate of drug-likeness (QED) is 0.620. The van der Waals surface area contributed by atoms with E-state index in [1.807, 2.05) is 0 Å². The van der Waals surface area contributed by atoms with Crippen molar-refractivity contribution in [2.24, 2.45) is 0 Å². The molecule has 0 radical (unpaired) electrons. The van der Waals surface area contributed by atoms with Crippen LogP contribution in [-0.4, -0.2) is 23.5 Å². The van der Waals surface area contributed by atoms with Gasteiger partial charge in [-0.1, -0.05) is 12.1 Å². The predicted octanol–water partition coefficient (Wildman–Crippen LogP) is 1.95. The van der Waals surface area contributed by atoms with E-state index in [1.165, 1.54) is 18.2 Å². The summed E-state index contributed by atoms with van der Waals surface area (Å²) < 4.78 is 27.8. The van der Waals surface area contributed by atoms with Crippen LogP contribution in [0.1, 0.15) is 16.8 Å². The van der Waals surface area contributed by atoms with E-state index in [2.05, 4.69) is 4.74 Å². The van der Waals surface area contributed by atoms with Gasteiger partial charge >= 0.3 is 12.6 Å². The maximum absolute atomic E-state index is 11.9. The van der Waals surface area contributed by atoms with Gasteiger partial charge < -0.3 is 9.84 Å². The van der Waals surface area contributed by atoms with Gasteiger partial charge in [0.05, 0.1) is 0 Å². The van der Waals surface area contributed by atoms with Gasteiger partial charge in [0.1, 0.15) is 12.2 Å². The molecule has 0 saturated carbocycles. The molecular formula is C10H8F2O4. The second-order valence-electron chi connectivity index (χ2n) is 2.90. The molecule has 0 unspecified atom stereocenters. The number of Topliss-reactive ketones (excluding diaryl/α,β-unsaturated/α-hetero) is 1. The summed E-state index contributed by atoms with van der Waals surface area (Å²) in [5, 5.41) is 8.39. The Morgan fingerprint density at radius 3 is 2.62 bits per heavy atom. The Bertz CT molecular complexity index is 404. The van der Waals surface area contributed by atoms with Gasteiger partial charge in [-0.05, 0) is 12.1 Å². The van der Waals surface area contributed by atoms with Crippen LogP contribution in [-0.2, 0) is 4.79 Å². The number of benzene rings is 1. The lowest BCUT2D eigenvalue weighted by atomic mass is 10.1. The van der Waals surface area contributed by atoms with Gasteiger partial charge in [0.15, 0.2) is 5.78 Å². The summed E-state index contributed by atoms with van der Waals surface area (Å²) >= 11 is 0. The van der Waals surface area contributed by atoms with Crippen LogP contribution in [0.15, 0.2) is 24.3 Å². The molecule has 0 atom stereocenters. The lowest BCUT2D eigenvalue weighted by Crippen LogP contribution is -2.08. The normalized spacial score (nSPS) is 10.2. The lowest BCUT2D eigenvalue weighted by Gasteiger charge is -2.05. The first kappa shape index (κ1) is 12.1. The summed E-state index contributed by atoms with van der Waals surface area (Å²) in [5.41, 5.74) is 0.0283. The average Bonchev–Trinajstić information content (AvgIpc) is 2.16. The van der Waals surface area contributed by atoms with Gasteiger partial charge in [0, 0.05) is 5.56 Å². The number of rotatable bonds is 5. The minimum Gasteiger partial charge on any atom is -0.481 e. The third-order valence-corrected chi connectivity index (χ3v) is 1.69. The molecule has 86 valence electrons. The Hall–Kier alpha value is -1.98. The number of alkyl halides is 2. The Labute approximate surface area is 89.5 Å². The molecular weight excluding hydrogens is 222 g/mol. The van der Waals surface area contributed by atoms with Crippen molar-refractivity contribution >= 4 is 11.8 Å². The second-order valence-corrected chi connectivity index (χ2v) is 2.90. The number of hydrogen-bond acceptors (Lipinski definition) is 3. The molecule has 1 aromatic rings. The fourth-order valence-electron chi connectivity index (χ4n) is 1.09. The van der Waals surface area contributed by atoms with Gasteiger partial charge in [0.25, 0.3) is 0 Å². The predicted molar refractivity (Wildman–Crippen MR) is 49.7 cm³/mol. The van der Waals surface area contributed by atoms with Gasteiger partial charge in [0.2, 0.25) is 0 Å². The van der Waals surface area contributed by atoms with Crippen LogP contribution in [0.2, 0.25) is 0 Å². The van der Waals surface area contributed by atoms with Gasteiger partial charge in [-0.2, -0.15) is 8.78 Å². The van der Waals surface area contributed by atoms with Gasteiger partial charge in [-0.15, -0.1) is 0 Å². The number of carboxylic acid groups (broad SMARTS) is 1. The first-order chi connectivity index (χ1) is 7.49. The van der Waals surface area contributed by atoms with Crippen molar-refractivity contribution in [3.63, 3.8) is 0 Å². The van der Waals surface area contributed by atoms with Gasteiger partial charge in [-0.3, -0.25) is 9.59 Å². The van der Waals surface area contributed by atoms with Crippen molar-refractivity contribution < 1.29 is 28.2 Å². The number of ketones is 1. The van der Waals surface area contributed by atoms with E-state index < -0.39 is 24.8 Å². The Morgan fingerprint density at radius 1 is 1.38 bits per heavy atom. The average molecular weight is 230 g/mol. The van der Waals surface area contributed by atoms with Crippen molar-refractivity contribution in [3.05, 3.63) is 29.8 Å². The first-order valence-electron chi connectivity index (χ1n) is 4.29. The summed E-state index contributed by atoms with van der Waals surface area (Å²) in [7, 11) is 0. The number of carboxylic acids is 1. The molecule has 6 heteroatoms. The van der Waals surface area contributed by atoms with Crippen LogP contribution in [0, 0.1) is 0 Å². The number of hydrogen-bond donors (Lipinski definition) is 1. The third-order valence-electron chi connectivity index (χ3n) is 1.69. The molecule has 0 saturated heterocycles. The third kappa shape index (κ3) is 3.64. The molecule has 0 aliphatic carbocycles. The molecule has 0 aliphatic heterocycles. The number of carbonyl (C=O) groups is 2. The van der Waals surface area contributed by atoms with E-state index >= 15 is 0 Å². The smallest absolute Gasteiger partial charge is 0.387 e. The van der Waals surface area contributed by atoms with E-state index in [-0.39, 0.29) is 11.3 Å². The topological polar surface area (TPSA) is 63.6 Å². The highest BCUT2D eigenvalue weighted by Gasteiger charge is 2.12. The first-order valence-corrected chi connectivity index (χ1v) is 4.29. The minimum absolute atomic E-state index is 0.0283. The summed E-state index contributed by atoms with van der Waals surface area (Å²) in [6.07, 6.45) is -0.682. The van der Waals surface area contributed by atoms with Crippen molar-refractivity contribution in [2.75, 3.05) is 0 Å². The van der Waals surface area contributed by atoms with Crippen molar-refractivity contribution in [1.82, 2.24) is 0 Å². The molecule has 1 N–H and O–H groups in total. The largest absolute Gasteiger partial charge is 0.481 e. The molecule has 0 amide bonds. The minimum atomic E-state index is -2.98. The van der Waals surface area contributed by atoms with E-state index in [9.17, 15) is 18.4 Å². The summed E-state index contributed by atoms with van der Waals surface area (Å²) in [5.74, 6) is -2.11. The van der Waals surface area contributed by atoms with Crippen LogP contribution < -0.4 is 4.74 Å². The second kappa shape index (κ2) is 5.20. The number of carbonyl (C=O) groups excluding carboxylic acids is 1. The molecule has 0 fully saturated rings. The molecule has 0 spiro atoms. The molecule has 0 aliphatic rings.